The molecule has 0 unspecified atom stereocenters. The predicted octanol–water partition coefficient (Wildman–Crippen LogP) is 5.40. The lowest BCUT2D eigenvalue weighted by Crippen LogP contribution is -2.30. The van der Waals surface area contributed by atoms with Crippen LogP contribution in [0.5, 0.6) is 0 Å². The van der Waals surface area contributed by atoms with Gasteiger partial charge in [0, 0.05) is 24.0 Å². The Kier molecular flexibility index (Phi) is 5.17. The number of aromatic nitrogens is 1. The summed E-state index contributed by atoms with van der Waals surface area (Å²) in [7, 11) is 0. The molecule has 3 rings (SSSR count). The zero-order valence-electron chi connectivity index (χ0n) is 15.0. The molecule has 27 heavy (non-hydrogen) atoms. The average molecular weight is 372 g/mol. The minimum Gasteiger partial charge on any atom is -0.339 e. The standard InChI is InChI=1S/C21H19F3N2O/c1-3-26(4-2)20(27)17-13-19(25-18-11-6-5-10-16(17)18)14-8-7-9-15(12-14)21(22,23)24/h5-13H,3-4H2,1-2H3. The van der Waals surface area contributed by atoms with Gasteiger partial charge >= 0.3 is 6.18 Å². The topological polar surface area (TPSA) is 33.2 Å². The van der Waals surface area contributed by atoms with Crippen LogP contribution in [0.15, 0.2) is 54.6 Å². The second kappa shape index (κ2) is 7.39. The van der Waals surface area contributed by atoms with E-state index in [2.05, 4.69) is 4.98 Å². The highest BCUT2D eigenvalue weighted by molar-refractivity contribution is 6.07. The lowest BCUT2D eigenvalue weighted by Gasteiger charge is -2.20. The number of hydrogen-bond donors (Lipinski definition) is 0. The van der Waals surface area contributed by atoms with Crippen LogP contribution in [0.1, 0.15) is 29.8 Å². The summed E-state index contributed by atoms with van der Waals surface area (Å²) in [6, 6.07) is 13.7. The predicted molar refractivity (Wildman–Crippen MR) is 99.4 cm³/mol. The van der Waals surface area contributed by atoms with Crippen LogP contribution < -0.4 is 0 Å². The maximum absolute atomic E-state index is 13.1. The monoisotopic (exact) mass is 372 g/mol. The molecule has 0 aliphatic carbocycles. The number of carbonyl (C=O) groups is 1. The Bertz CT molecular complexity index is 979. The number of amides is 1. The van der Waals surface area contributed by atoms with Gasteiger partial charge in [-0.2, -0.15) is 13.2 Å². The molecular formula is C21H19F3N2O. The highest BCUT2D eigenvalue weighted by atomic mass is 19.4. The van der Waals surface area contributed by atoms with Gasteiger partial charge in [-0.25, -0.2) is 4.98 Å². The van der Waals surface area contributed by atoms with Crippen molar-refractivity contribution in [3.05, 3.63) is 65.7 Å². The number of pyridine rings is 1. The first-order chi connectivity index (χ1) is 12.8. The largest absolute Gasteiger partial charge is 0.416 e. The Hall–Kier alpha value is -2.89. The highest BCUT2D eigenvalue weighted by Crippen LogP contribution is 2.33. The van der Waals surface area contributed by atoms with Crippen LogP contribution in [0.2, 0.25) is 0 Å². The fraction of sp³-hybridized carbons (Fsp3) is 0.238. The Balaban J connectivity index is 2.20. The van der Waals surface area contributed by atoms with Gasteiger partial charge in [0.2, 0.25) is 0 Å². The van der Waals surface area contributed by atoms with Crippen molar-refractivity contribution in [1.29, 1.82) is 0 Å². The summed E-state index contributed by atoms with van der Waals surface area (Å²) in [6.07, 6.45) is -4.44. The van der Waals surface area contributed by atoms with E-state index < -0.39 is 11.7 Å². The van der Waals surface area contributed by atoms with Gasteiger partial charge in [0.25, 0.3) is 5.91 Å². The van der Waals surface area contributed by atoms with Crippen molar-refractivity contribution in [2.45, 2.75) is 20.0 Å². The van der Waals surface area contributed by atoms with Crippen molar-refractivity contribution in [2.75, 3.05) is 13.1 Å². The molecule has 3 aromatic rings. The Labute approximate surface area is 155 Å². The summed E-state index contributed by atoms with van der Waals surface area (Å²) < 4.78 is 39.2. The first kappa shape index (κ1) is 18.9. The molecule has 0 bridgehead atoms. The highest BCUT2D eigenvalue weighted by Gasteiger charge is 2.30. The molecule has 0 spiro atoms. The zero-order valence-corrected chi connectivity index (χ0v) is 15.0. The molecule has 0 N–H and O–H groups in total. The lowest BCUT2D eigenvalue weighted by atomic mass is 10.0. The summed E-state index contributed by atoms with van der Waals surface area (Å²) >= 11 is 0. The normalized spacial score (nSPS) is 11.6. The molecule has 3 nitrogen and oxygen atoms in total. The van der Waals surface area contributed by atoms with E-state index in [1.54, 1.807) is 35.2 Å². The third-order valence-electron chi connectivity index (χ3n) is 4.48. The van der Waals surface area contributed by atoms with Gasteiger partial charge in [-0.15, -0.1) is 0 Å². The minimum absolute atomic E-state index is 0.160. The fourth-order valence-electron chi connectivity index (χ4n) is 3.04. The van der Waals surface area contributed by atoms with E-state index in [-0.39, 0.29) is 5.91 Å². The van der Waals surface area contributed by atoms with E-state index in [0.29, 0.717) is 40.8 Å². The van der Waals surface area contributed by atoms with E-state index in [1.807, 2.05) is 19.9 Å². The van der Waals surface area contributed by atoms with Crippen LogP contribution in [0, 0.1) is 0 Å². The number of carbonyl (C=O) groups excluding carboxylic acids is 1. The average Bonchev–Trinajstić information content (AvgIpc) is 2.67. The molecule has 1 amide bonds. The smallest absolute Gasteiger partial charge is 0.339 e. The molecule has 0 radical (unpaired) electrons. The van der Waals surface area contributed by atoms with Gasteiger partial charge in [0.1, 0.15) is 0 Å². The van der Waals surface area contributed by atoms with Gasteiger partial charge in [-0.05, 0) is 38.1 Å². The van der Waals surface area contributed by atoms with Crippen LogP contribution in [-0.2, 0) is 6.18 Å². The third kappa shape index (κ3) is 3.79. The van der Waals surface area contributed by atoms with E-state index in [0.717, 1.165) is 12.1 Å². The van der Waals surface area contributed by atoms with Crippen molar-refractivity contribution >= 4 is 16.8 Å². The maximum Gasteiger partial charge on any atom is 0.416 e. The summed E-state index contributed by atoms with van der Waals surface area (Å²) in [5, 5.41) is 0.685. The van der Waals surface area contributed by atoms with Crippen molar-refractivity contribution < 1.29 is 18.0 Å². The van der Waals surface area contributed by atoms with Crippen molar-refractivity contribution in [3.8, 4) is 11.3 Å². The van der Waals surface area contributed by atoms with Crippen LogP contribution in [0.4, 0.5) is 13.2 Å². The van der Waals surface area contributed by atoms with Crippen LogP contribution in [0.25, 0.3) is 22.2 Å². The molecule has 0 saturated heterocycles. The molecule has 1 aromatic heterocycles. The number of alkyl halides is 3. The number of rotatable bonds is 4. The van der Waals surface area contributed by atoms with E-state index >= 15 is 0 Å². The van der Waals surface area contributed by atoms with E-state index in [4.69, 9.17) is 0 Å². The Morgan fingerprint density at radius 2 is 1.70 bits per heavy atom. The molecule has 6 heteroatoms. The van der Waals surface area contributed by atoms with Crippen LogP contribution >= 0.6 is 0 Å². The van der Waals surface area contributed by atoms with Crippen molar-refractivity contribution in [1.82, 2.24) is 9.88 Å². The quantitative estimate of drug-likeness (QED) is 0.614. The zero-order chi connectivity index (χ0) is 19.6. The SMILES string of the molecule is CCN(CC)C(=O)c1cc(-c2cccc(C(F)(F)F)c2)nc2ccccc12. The molecule has 140 valence electrons. The second-order valence-electron chi connectivity index (χ2n) is 6.13. The minimum atomic E-state index is -4.44. The number of nitrogens with zero attached hydrogens (tertiary/aromatic N) is 2. The number of fused-ring (bicyclic) bond motifs is 1. The number of halogens is 3. The maximum atomic E-state index is 13.1. The Morgan fingerprint density at radius 3 is 2.37 bits per heavy atom. The molecule has 0 atom stereocenters. The van der Waals surface area contributed by atoms with Crippen molar-refractivity contribution in [3.63, 3.8) is 0 Å². The molecule has 0 saturated carbocycles. The lowest BCUT2D eigenvalue weighted by molar-refractivity contribution is -0.137. The van der Waals surface area contributed by atoms with Gasteiger partial charge in [0.05, 0.1) is 22.3 Å². The van der Waals surface area contributed by atoms with E-state index in [1.165, 1.54) is 6.07 Å². The van der Waals surface area contributed by atoms with Gasteiger partial charge in [-0.3, -0.25) is 4.79 Å². The number of benzene rings is 2. The third-order valence-corrected chi connectivity index (χ3v) is 4.48. The number of hydrogen-bond acceptors (Lipinski definition) is 2. The molecule has 0 aliphatic rings. The van der Waals surface area contributed by atoms with Gasteiger partial charge in [0.15, 0.2) is 0 Å². The van der Waals surface area contributed by atoms with Gasteiger partial charge in [-0.1, -0.05) is 30.3 Å². The summed E-state index contributed by atoms with van der Waals surface area (Å²) in [5.74, 6) is -0.160. The van der Waals surface area contributed by atoms with Crippen LogP contribution in [-0.4, -0.2) is 28.9 Å². The Morgan fingerprint density at radius 1 is 1.00 bits per heavy atom. The number of para-hydroxylation sites is 1. The summed E-state index contributed by atoms with van der Waals surface area (Å²) in [4.78, 5) is 19.1. The van der Waals surface area contributed by atoms with Crippen molar-refractivity contribution in [2.24, 2.45) is 0 Å². The first-order valence-corrected chi connectivity index (χ1v) is 8.71. The molecule has 1 heterocycles. The summed E-state index contributed by atoms with van der Waals surface area (Å²) in [5.41, 5.74) is 0.936. The molecule has 0 aliphatic heterocycles. The molecule has 2 aromatic carbocycles. The van der Waals surface area contributed by atoms with E-state index in [9.17, 15) is 18.0 Å². The second-order valence-corrected chi connectivity index (χ2v) is 6.13. The molecule has 0 fully saturated rings. The van der Waals surface area contributed by atoms with Crippen LogP contribution in [0.3, 0.4) is 0 Å². The summed E-state index contributed by atoms with van der Waals surface area (Å²) in [6.45, 7) is 4.87. The first-order valence-electron chi connectivity index (χ1n) is 8.71. The van der Waals surface area contributed by atoms with Gasteiger partial charge < -0.3 is 4.90 Å². The fourth-order valence-corrected chi connectivity index (χ4v) is 3.04. The molecular weight excluding hydrogens is 353 g/mol.